The molecule has 1 aliphatic carbocycles. The Balaban J connectivity index is 1.77. The van der Waals surface area contributed by atoms with Crippen molar-refractivity contribution in [3.8, 4) is 6.07 Å². The van der Waals surface area contributed by atoms with Crippen molar-refractivity contribution in [2.75, 3.05) is 0 Å². The highest BCUT2D eigenvalue weighted by Gasteiger charge is 2.19. The van der Waals surface area contributed by atoms with E-state index in [9.17, 15) is 15.4 Å². The maximum Gasteiger partial charge on any atom is 0.269 e. The SMILES string of the molecule is CC1CCc2nc(SCc3ccc([N+](=O)[O-])cc3)c(C#N)cc2C1. The number of pyridine rings is 1. The van der Waals surface area contributed by atoms with Crippen LogP contribution in [-0.2, 0) is 18.6 Å². The van der Waals surface area contributed by atoms with E-state index >= 15 is 0 Å². The van der Waals surface area contributed by atoms with Crippen molar-refractivity contribution in [3.05, 3.63) is 62.8 Å². The number of nitro benzene ring substituents is 1. The lowest BCUT2D eigenvalue weighted by atomic mass is 9.87. The third kappa shape index (κ3) is 3.57. The average Bonchev–Trinajstić information content (AvgIpc) is 2.59. The number of rotatable bonds is 4. The van der Waals surface area contributed by atoms with Gasteiger partial charge in [0.05, 0.1) is 10.5 Å². The number of fused-ring (bicyclic) bond motifs is 1. The summed E-state index contributed by atoms with van der Waals surface area (Å²) in [4.78, 5) is 15.0. The molecule has 0 spiro atoms. The molecule has 0 radical (unpaired) electrons. The third-order valence-corrected chi connectivity index (χ3v) is 5.30. The van der Waals surface area contributed by atoms with E-state index in [1.807, 2.05) is 6.07 Å². The lowest BCUT2D eigenvalue weighted by molar-refractivity contribution is -0.384. The van der Waals surface area contributed by atoms with Crippen LogP contribution in [0.4, 0.5) is 5.69 Å². The van der Waals surface area contributed by atoms with Crippen molar-refractivity contribution in [2.45, 2.75) is 37.0 Å². The van der Waals surface area contributed by atoms with E-state index in [-0.39, 0.29) is 5.69 Å². The minimum absolute atomic E-state index is 0.0856. The summed E-state index contributed by atoms with van der Waals surface area (Å²) in [5, 5.41) is 20.8. The van der Waals surface area contributed by atoms with Crippen molar-refractivity contribution in [1.82, 2.24) is 4.98 Å². The van der Waals surface area contributed by atoms with Gasteiger partial charge >= 0.3 is 0 Å². The van der Waals surface area contributed by atoms with Crippen LogP contribution >= 0.6 is 11.8 Å². The van der Waals surface area contributed by atoms with Crippen LogP contribution in [0.3, 0.4) is 0 Å². The molecule has 0 saturated carbocycles. The highest BCUT2D eigenvalue weighted by molar-refractivity contribution is 7.98. The number of aryl methyl sites for hydroxylation is 1. The quantitative estimate of drug-likeness (QED) is 0.472. The van der Waals surface area contributed by atoms with Crippen LogP contribution in [-0.4, -0.2) is 9.91 Å². The zero-order chi connectivity index (χ0) is 17.1. The summed E-state index contributed by atoms with van der Waals surface area (Å²) in [5.74, 6) is 1.28. The minimum atomic E-state index is -0.406. The van der Waals surface area contributed by atoms with Crippen LogP contribution in [0, 0.1) is 27.4 Å². The first-order valence-corrected chi connectivity index (χ1v) is 8.84. The smallest absolute Gasteiger partial charge is 0.258 e. The molecular formula is C18H17N3O2S. The maximum atomic E-state index is 10.7. The van der Waals surface area contributed by atoms with Crippen LogP contribution in [0.5, 0.6) is 0 Å². The molecule has 24 heavy (non-hydrogen) atoms. The topological polar surface area (TPSA) is 79.8 Å². The molecule has 0 saturated heterocycles. The van der Waals surface area contributed by atoms with Crippen molar-refractivity contribution in [1.29, 1.82) is 5.26 Å². The Morgan fingerprint density at radius 1 is 1.42 bits per heavy atom. The Kier molecular flexibility index (Phi) is 4.81. The molecular weight excluding hydrogens is 322 g/mol. The molecule has 1 aromatic heterocycles. The van der Waals surface area contributed by atoms with Gasteiger partial charge in [-0.2, -0.15) is 5.26 Å². The Hall–Kier alpha value is -2.39. The number of nitriles is 1. The maximum absolute atomic E-state index is 10.7. The van der Waals surface area contributed by atoms with Crippen molar-refractivity contribution in [2.24, 2.45) is 5.92 Å². The summed E-state index contributed by atoms with van der Waals surface area (Å²) >= 11 is 1.51. The minimum Gasteiger partial charge on any atom is -0.258 e. The molecule has 1 atom stereocenters. The standard InChI is InChI=1S/C18H17N3O2S/c1-12-2-7-17-14(8-12)9-15(10-19)18(20-17)24-11-13-3-5-16(6-4-13)21(22)23/h3-6,9,12H,2,7-8,11H2,1H3. The zero-order valence-electron chi connectivity index (χ0n) is 13.4. The van der Waals surface area contributed by atoms with Gasteiger partial charge in [-0.1, -0.05) is 19.1 Å². The highest BCUT2D eigenvalue weighted by Crippen LogP contribution is 2.31. The molecule has 0 N–H and O–H groups in total. The molecule has 6 heteroatoms. The number of thioether (sulfide) groups is 1. The zero-order valence-corrected chi connectivity index (χ0v) is 14.2. The van der Waals surface area contributed by atoms with Gasteiger partial charge in [-0.3, -0.25) is 10.1 Å². The number of nitro groups is 1. The summed E-state index contributed by atoms with van der Waals surface area (Å²) in [5.41, 5.74) is 3.99. The predicted molar refractivity (Wildman–Crippen MR) is 92.8 cm³/mol. The van der Waals surface area contributed by atoms with E-state index in [1.165, 1.54) is 29.5 Å². The van der Waals surface area contributed by atoms with Crippen LogP contribution in [0.1, 0.15) is 35.7 Å². The van der Waals surface area contributed by atoms with Gasteiger partial charge < -0.3 is 0 Å². The Labute approximate surface area is 144 Å². The molecule has 3 rings (SSSR count). The van der Waals surface area contributed by atoms with Crippen molar-refractivity contribution < 1.29 is 4.92 Å². The second-order valence-electron chi connectivity index (χ2n) is 6.12. The predicted octanol–water partition coefficient (Wildman–Crippen LogP) is 4.28. The van der Waals surface area contributed by atoms with Gasteiger partial charge in [-0.15, -0.1) is 11.8 Å². The number of nitrogens with zero attached hydrogens (tertiary/aromatic N) is 3. The molecule has 0 fully saturated rings. The fourth-order valence-electron chi connectivity index (χ4n) is 2.88. The van der Waals surface area contributed by atoms with Gasteiger partial charge in [0.25, 0.3) is 5.69 Å². The number of benzene rings is 1. The summed E-state index contributed by atoms with van der Waals surface area (Å²) in [6.45, 7) is 2.23. The van der Waals surface area contributed by atoms with E-state index in [0.717, 1.165) is 35.5 Å². The average molecular weight is 339 g/mol. The van der Waals surface area contributed by atoms with Gasteiger partial charge in [0.2, 0.25) is 0 Å². The molecule has 0 amide bonds. The fourth-order valence-corrected chi connectivity index (χ4v) is 3.81. The van der Waals surface area contributed by atoms with Crippen molar-refractivity contribution in [3.63, 3.8) is 0 Å². The van der Waals surface area contributed by atoms with E-state index in [4.69, 9.17) is 4.98 Å². The van der Waals surface area contributed by atoms with Crippen LogP contribution in [0.25, 0.3) is 0 Å². The molecule has 0 aliphatic heterocycles. The summed E-state index contributed by atoms with van der Waals surface area (Å²) in [7, 11) is 0. The second kappa shape index (κ2) is 7.02. The van der Waals surface area contributed by atoms with Gasteiger partial charge in [0.15, 0.2) is 0 Å². The van der Waals surface area contributed by atoms with Crippen molar-refractivity contribution >= 4 is 17.4 Å². The van der Waals surface area contributed by atoms with E-state index in [0.29, 0.717) is 17.2 Å². The first kappa shape index (κ1) is 16.5. The van der Waals surface area contributed by atoms with E-state index < -0.39 is 4.92 Å². The number of hydrogen-bond acceptors (Lipinski definition) is 5. The van der Waals surface area contributed by atoms with Crippen LogP contribution < -0.4 is 0 Å². The first-order chi connectivity index (χ1) is 11.6. The number of aromatic nitrogens is 1. The highest BCUT2D eigenvalue weighted by atomic mass is 32.2. The lowest BCUT2D eigenvalue weighted by Crippen LogP contribution is -2.14. The van der Waals surface area contributed by atoms with Gasteiger partial charge in [-0.05, 0) is 42.4 Å². The Morgan fingerprint density at radius 3 is 2.83 bits per heavy atom. The monoisotopic (exact) mass is 339 g/mol. The van der Waals surface area contributed by atoms with Gasteiger partial charge in [0.1, 0.15) is 11.1 Å². The third-order valence-electron chi connectivity index (χ3n) is 4.24. The first-order valence-electron chi connectivity index (χ1n) is 7.86. The normalized spacial score (nSPS) is 16.2. The second-order valence-corrected chi connectivity index (χ2v) is 7.08. The lowest BCUT2D eigenvalue weighted by Gasteiger charge is -2.21. The Bertz CT molecular complexity index is 812. The molecule has 1 unspecified atom stereocenters. The summed E-state index contributed by atoms with van der Waals surface area (Å²) < 4.78 is 0. The fraction of sp³-hybridized carbons (Fsp3) is 0.333. The van der Waals surface area contributed by atoms with E-state index in [1.54, 1.807) is 12.1 Å². The number of non-ortho nitro benzene ring substituents is 1. The molecule has 1 aromatic carbocycles. The molecule has 5 nitrogen and oxygen atoms in total. The molecule has 1 heterocycles. The number of hydrogen-bond donors (Lipinski definition) is 0. The summed E-state index contributed by atoms with van der Waals surface area (Å²) in [6.07, 6.45) is 3.09. The van der Waals surface area contributed by atoms with Gasteiger partial charge in [0, 0.05) is 23.6 Å². The summed E-state index contributed by atoms with van der Waals surface area (Å²) in [6, 6.07) is 10.7. The van der Waals surface area contributed by atoms with E-state index in [2.05, 4.69) is 13.0 Å². The molecule has 1 aliphatic rings. The molecule has 0 bridgehead atoms. The molecule has 2 aromatic rings. The molecule has 122 valence electrons. The largest absolute Gasteiger partial charge is 0.269 e. The van der Waals surface area contributed by atoms with Crippen LogP contribution in [0.2, 0.25) is 0 Å². The Morgan fingerprint density at radius 2 is 2.17 bits per heavy atom. The van der Waals surface area contributed by atoms with Crippen LogP contribution in [0.15, 0.2) is 35.4 Å². The van der Waals surface area contributed by atoms with Gasteiger partial charge in [-0.25, -0.2) is 4.98 Å².